The van der Waals surface area contributed by atoms with E-state index in [4.69, 9.17) is 9.47 Å². The van der Waals surface area contributed by atoms with Crippen molar-refractivity contribution in [3.05, 3.63) is 30.3 Å². The van der Waals surface area contributed by atoms with Gasteiger partial charge in [0, 0.05) is 0 Å². The molecule has 1 heterocycles. The zero-order chi connectivity index (χ0) is 18.8. The van der Waals surface area contributed by atoms with E-state index in [-0.39, 0.29) is 42.8 Å². The van der Waals surface area contributed by atoms with Gasteiger partial charge in [0.25, 0.3) is 0 Å². The molecule has 0 saturated carbocycles. The molecule has 0 aromatic heterocycles. The van der Waals surface area contributed by atoms with Gasteiger partial charge in [-0.25, -0.2) is 0 Å². The van der Waals surface area contributed by atoms with Gasteiger partial charge in [0.05, 0.1) is 0 Å². The van der Waals surface area contributed by atoms with E-state index in [0.717, 1.165) is 4.46 Å². The summed E-state index contributed by atoms with van der Waals surface area (Å²) in [6.07, 6.45) is 0.441. The van der Waals surface area contributed by atoms with Crippen molar-refractivity contribution >= 4 is 53.9 Å². The molecule has 2 rings (SSSR count). The summed E-state index contributed by atoms with van der Waals surface area (Å²) < 4.78 is 11.3. The van der Waals surface area contributed by atoms with E-state index in [0.29, 0.717) is 6.42 Å². The Hall–Kier alpha value is -0.591. The van der Waals surface area contributed by atoms with Crippen molar-refractivity contribution in [3.63, 3.8) is 0 Å². The Kier molecular flexibility index (Phi) is 6.60. The van der Waals surface area contributed by atoms with Crippen molar-refractivity contribution in [2.75, 3.05) is 0 Å². The van der Waals surface area contributed by atoms with E-state index in [1.165, 1.54) is 0 Å². The van der Waals surface area contributed by atoms with Crippen LogP contribution in [0.1, 0.15) is 41.0 Å². The molecule has 0 bridgehead atoms. The maximum atomic E-state index is 13.2. The summed E-state index contributed by atoms with van der Waals surface area (Å²) in [5.41, 5.74) is -0.572. The Morgan fingerprint density at radius 1 is 1.24 bits per heavy atom. The Morgan fingerprint density at radius 3 is 2.36 bits per heavy atom. The molecule has 1 aliphatic rings. The Morgan fingerprint density at radius 2 is 1.84 bits per heavy atom. The van der Waals surface area contributed by atoms with Gasteiger partial charge in [0.15, 0.2) is 0 Å². The van der Waals surface area contributed by atoms with Crippen molar-refractivity contribution < 1.29 is 19.1 Å². The van der Waals surface area contributed by atoms with Gasteiger partial charge in [-0.05, 0) is 0 Å². The van der Waals surface area contributed by atoms with E-state index < -0.39 is 9.91 Å². The molecule has 0 N–H and O–H groups in total. The number of carbonyl (C=O) groups is 2. The molecule has 6 heteroatoms. The van der Waals surface area contributed by atoms with Crippen LogP contribution in [-0.4, -0.2) is 42.5 Å². The summed E-state index contributed by atoms with van der Waals surface area (Å²) in [6.45, 7) is 9.54. The molecule has 0 spiro atoms. The first-order valence-electron chi connectivity index (χ1n) is 8.40. The number of halogens is 1. The first-order valence-corrected chi connectivity index (χ1v) is 11.4. The van der Waals surface area contributed by atoms with E-state index in [1.807, 2.05) is 65.0 Å². The number of alkyl halides is 1. The molecule has 1 aliphatic heterocycles. The van der Waals surface area contributed by atoms with Crippen LogP contribution >= 0.6 is 22.6 Å². The number of esters is 2. The van der Waals surface area contributed by atoms with E-state index >= 15 is 0 Å². The van der Waals surface area contributed by atoms with Gasteiger partial charge < -0.3 is 0 Å². The Balaban J connectivity index is 2.44. The molecule has 138 valence electrons. The number of rotatable bonds is 5. The second-order valence-electron chi connectivity index (χ2n) is 7.34. The van der Waals surface area contributed by atoms with Crippen LogP contribution in [0, 0.1) is 5.92 Å². The number of hydrogen-bond acceptors (Lipinski definition) is 4. The fourth-order valence-corrected chi connectivity index (χ4v) is 7.62. The van der Waals surface area contributed by atoms with Crippen LogP contribution in [0.3, 0.4) is 0 Å². The molecule has 0 radical (unpaired) electrons. The average Bonchev–Trinajstić information content (AvgIpc) is 2.82. The molecule has 25 heavy (non-hydrogen) atoms. The van der Waals surface area contributed by atoms with E-state index in [9.17, 15) is 9.59 Å². The number of carbonyl (C=O) groups excluding carboxylic acids is 2. The zero-order valence-corrected chi connectivity index (χ0v) is 19.1. The third kappa shape index (κ3) is 4.77. The van der Waals surface area contributed by atoms with Crippen LogP contribution in [-0.2, 0) is 19.1 Å². The van der Waals surface area contributed by atoms with Crippen LogP contribution in [0.25, 0.3) is 0 Å². The minimum atomic E-state index is -0.777. The van der Waals surface area contributed by atoms with Crippen molar-refractivity contribution in [3.8, 4) is 0 Å². The van der Waals surface area contributed by atoms with Gasteiger partial charge >= 0.3 is 170 Å². The molecule has 0 aliphatic carbocycles. The summed E-state index contributed by atoms with van der Waals surface area (Å²) >= 11 is 1.94. The summed E-state index contributed by atoms with van der Waals surface area (Å²) in [6, 6.07) is 9.97. The monoisotopic (exact) mass is 524 g/mol. The van der Waals surface area contributed by atoms with Crippen LogP contribution in [0.5, 0.6) is 0 Å². The fraction of sp³-hybridized carbons (Fsp3) is 0.579. The Bertz CT molecular complexity index is 628. The van der Waals surface area contributed by atoms with Gasteiger partial charge in [-0.3, -0.25) is 0 Å². The molecular formula is C19H25IO4Se. The number of ether oxygens (including phenoxy) is 2. The number of benzene rings is 1. The van der Waals surface area contributed by atoms with Crippen LogP contribution in [0.4, 0.5) is 0 Å². The van der Waals surface area contributed by atoms with Crippen LogP contribution < -0.4 is 4.46 Å². The predicted molar refractivity (Wildman–Crippen MR) is 108 cm³/mol. The van der Waals surface area contributed by atoms with Crippen LogP contribution in [0.15, 0.2) is 30.3 Å². The van der Waals surface area contributed by atoms with Crippen molar-refractivity contribution in [1.82, 2.24) is 0 Å². The van der Waals surface area contributed by atoms with Crippen molar-refractivity contribution in [2.24, 2.45) is 5.92 Å². The molecule has 4 atom stereocenters. The molecule has 1 fully saturated rings. The second-order valence-corrected chi connectivity index (χ2v) is 11.9. The molecule has 1 saturated heterocycles. The van der Waals surface area contributed by atoms with Crippen LogP contribution in [0.2, 0.25) is 4.31 Å². The van der Waals surface area contributed by atoms with Gasteiger partial charge in [0.1, 0.15) is 0 Å². The molecule has 4 nitrogen and oxygen atoms in total. The summed E-state index contributed by atoms with van der Waals surface area (Å²) in [5, 5.41) is 0. The number of hydrogen-bond donors (Lipinski definition) is 0. The summed E-state index contributed by atoms with van der Waals surface area (Å²) in [5.74, 6) is -0.663. The first kappa shape index (κ1) is 20.7. The first-order chi connectivity index (χ1) is 11.6. The van der Waals surface area contributed by atoms with Crippen molar-refractivity contribution in [1.29, 1.82) is 0 Å². The second kappa shape index (κ2) is 7.97. The van der Waals surface area contributed by atoms with Gasteiger partial charge in [-0.15, -0.1) is 0 Å². The van der Waals surface area contributed by atoms with Gasteiger partial charge in [-0.2, -0.15) is 0 Å². The molecule has 1 aromatic carbocycles. The SMILES string of the molecule is CC[C@@H]1OC(=O)[C@H](I)[C@H]1C(C)([Se]c1ccccc1)C(=O)OC(C)(C)C. The standard InChI is InChI=1S/C19H25IO4Se/c1-6-13-14(15(20)16(21)23-13)19(5,17(22)24-18(2,3)4)25-12-10-8-7-9-11-12/h7-11,13-15H,6H2,1-5H3/t13-,14-,15+,19?/m0/s1. The van der Waals surface area contributed by atoms with Crippen molar-refractivity contribution in [2.45, 2.75) is 61.0 Å². The normalized spacial score (nSPS) is 26.0. The molecule has 1 aromatic rings. The molecule has 0 amide bonds. The summed E-state index contributed by atoms with van der Waals surface area (Å²) in [7, 11) is 0. The third-order valence-corrected chi connectivity index (χ3v) is 8.28. The fourth-order valence-electron chi connectivity index (χ4n) is 2.95. The molecule has 1 unspecified atom stereocenters. The molecular weight excluding hydrogens is 498 g/mol. The number of cyclic esters (lactones) is 1. The van der Waals surface area contributed by atoms with E-state index in [1.54, 1.807) is 0 Å². The average molecular weight is 523 g/mol. The predicted octanol–water partition coefficient (Wildman–Crippen LogP) is 3.29. The maximum absolute atomic E-state index is 13.2. The van der Waals surface area contributed by atoms with E-state index in [2.05, 4.69) is 22.6 Å². The Labute approximate surface area is 169 Å². The van der Waals surface area contributed by atoms with Gasteiger partial charge in [-0.1, -0.05) is 0 Å². The third-order valence-electron chi connectivity index (χ3n) is 4.12. The quantitative estimate of drug-likeness (QED) is 0.258. The van der Waals surface area contributed by atoms with Gasteiger partial charge in [0.2, 0.25) is 0 Å². The summed E-state index contributed by atoms with van der Waals surface area (Å²) in [4.78, 5) is 25.4. The minimum absolute atomic E-state index is 0.188. The zero-order valence-electron chi connectivity index (χ0n) is 15.2. The topological polar surface area (TPSA) is 52.6 Å².